The number of aliphatic hydroxyl groups excluding tert-OH is 1. The van der Waals surface area contributed by atoms with Crippen molar-refractivity contribution in [2.45, 2.75) is 0 Å². The lowest BCUT2D eigenvalue weighted by Crippen LogP contribution is -2.13. The van der Waals surface area contributed by atoms with Crippen LogP contribution in [-0.2, 0) is 4.74 Å². The van der Waals surface area contributed by atoms with Gasteiger partial charge in [0.05, 0.1) is 19.1 Å². The number of halogens is 1. The Hall–Kier alpha value is -2.21. The second-order valence-corrected chi connectivity index (χ2v) is 3.48. The van der Waals surface area contributed by atoms with Crippen LogP contribution in [0, 0.1) is 5.82 Å². The SMILES string of the molecule is O=C(OCCO)c1cncn1-c1ccc(F)cc1. The topological polar surface area (TPSA) is 64.3 Å². The fraction of sp³-hybridized carbons (Fsp3) is 0.167. The normalized spacial score (nSPS) is 10.3. The minimum absolute atomic E-state index is 0.0760. The Morgan fingerprint density at radius 1 is 1.39 bits per heavy atom. The highest BCUT2D eigenvalue weighted by Gasteiger charge is 2.14. The predicted molar refractivity (Wildman–Crippen MR) is 60.9 cm³/mol. The zero-order valence-electron chi connectivity index (χ0n) is 9.41. The van der Waals surface area contributed by atoms with Gasteiger partial charge in [-0.15, -0.1) is 0 Å². The molecule has 2 aromatic rings. The quantitative estimate of drug-likeness (QED) is 0.827. The molecule has 0 saturated heterocycles. The number of hydrogen-bond acceptors (Lipinski definition) is 4. The molecule has 0 aliphatic heterocycles. The van der Waals surface area contributed by atoms with E-state index in [1.807, 2.05) is 0 Å². The molecule has 2 rings (SSSR count). The highest BCUT2D eigenvalue weighted by Crippen LogP contribution is 2.12. The molecule has 1 aromatic carbocycles. The van der Waals surface area contributed by atoms with E-state index in [4.69, 9.17) is 9.84 Å². The Kier molecular flexibility index (Phi) is 3.69. The van der Waals surface area contributed by atoms with Crippen molar-refractivity contribution in [1.29, 1.82) is 0 Å². The molecular formula is C12H11FN2O3. The van der Waals surface area contributed by atoms with Gasteiger partial charge >= 0.3 is 5.97 Å². The molecule has 0 saturated carbocycles. The minimum Gasteiger partial charge on any atom is -0.459 e. The van der Waals surface area contributed by atoms with Crippen molar-refractivity contribution in [1.82, 2.24) is 9.55 Å². The Balaban J connectivity index is 2.27. The number of ether oxygens (including phenoxy) is 1. The zero-order valence-corrected chi connectivity index (χ0v) is 9.41. The molecule has 5 nitrogen and oxygen atoms in total. The number of aliphatic hydroxyl groups is 1. The highest BCUT2D eigenvalue weighted by atomic mass is 19.1. The van der Waals surface area contributed by atoms with Crippen LogP contribution in [0.5, 0.6) is 0 Å². The summed E-state index contributed by atoms with van der Waals surface area (Å²) in [6, 6.07) is 5.63. The molecule has 1 heterocycles. The standard InChI is InChI=1S/C12H11FN2O3/c13-9-1-3-10(4-2-9)15-8-14-7-11(15)12(17)18-6-5-16/h1-4,7-8,16H,5-6H2. The van der Waals surface area contributed by atoms with Crippen LogP contribution in [0.25, 0.3) is 5.69 Å². The van der Waals surface area contributed by atoms with Gasteiger partial charge in [-0.05, 0) is 24.3 Å². The number of imidazole rings is 1. The summed E-state index contributed by atoms with van der Waals surface area (Å²) in [6.07, 6.45) is 2.78. The fourth-order valence-corrected chi connectivity index (χ4v) is 1.47. The summed E-state index contributed by atoms with van der Waals surface area (Å²) in [5.74, 6) is -0.950. The van der Waals surface area contributed by atoms with E-state index in [1.54, 1.807) is 0 Å². The summed E-state index contributed by atoms with van der Waals surface area (Å²) in [6.45, 7) is -0.316. The Labute approximate surface area is 102 Å². The van der Waals surface area contributed by atoms with E-state index in [0.717, 1.165) is 0 Å². The van der Waals surface area contributed by atoms with Crippen LogP contribution in [0.2, 0.25) is 0 Å². The highest BCUT2D eigenvalue weighted by molar-refractivity contribution is 5.88. The molecule has 0 amide bonds. The first-order chi connectivity index (χ1) is 8.72. The van der Waals surface area contributed by atoms with Crippen molar-refractivity contribution in [3.63, 3.8) is 0 Å². The number of benzene rings is 1. The molecule has 0 radical (unpaired) electrons. The molecule has 0 aliphatic rings. The predicted octanol–water partition coefficient (Wildman–Crippen LogP) is 1.16. The van der Waals surface area contributed by atoms with Crippen LogP contribution >= 0.6 is 0 Å². The van der Waals surface area contributed by atoms with Gasteiger partial charge in [-0.3, -0.25) is 4.57 Å². The lowest BCUT2D eigenvalue weighted by molar-refractivity contribution is 0.0424. The first-order valence-corrected chi connectivity index (χ1v) is 5.28. The van der Waals surface area contributed by atoms with Crippen LogP contribution < -0.4 is 0 Å². The molecule has 94 valence electrons. The van der Waals surface area contributed by atoms with Crippen molar-refractivity contribution < 1.29 is 19.0 Å². The van der Waals surface area contributed by atoms with Gasteiger partial charge in [0.2, 0.25) is 0 Å². The maximum Gasteiger partial charge on any atom is 0.357 e. The molecule has 0 fully saturated rings. The average molecular weight is 250 g/mol. The van der Waals surface area contributed by atoms with Crippen molar-refractivity contribution in [3.8, 4) is 5.69 Å². The summed E-state index contributed by atoms with van der Waals surface area (Å²) < 4.78 is 19.1. The van der Waals surface area contributed by atoms with Crippen molar-refractivity contribution in [3.05, 3.63) is 48.3 Å². The minimum atomic E-state index is -0.592. The van der Waals surface area contributed by atoms with E-state index in [9.17, 15) is 9.18 Å². The van der Waals surface area contributed by atoms with Gasteiger partial charge in [0.25, 0.3) is 0 Å². The van der Waals surface area contributed by atoms with Crippen LogP contribution in [0.3, 0.4) is 0 Å². The van der Waals surface area contributed by atoms with Gasteiger partial charge in [-0.1, -0.05) is 0 Å². The number of carbonyl (C=O) groups is 1. The number of nitrogens with zero attached hydrogens (tertiary/aromatic N) is 2. The van der Waals surface area contributed by atoms with E-state index in [2.05, 4.69) is 4.98 Å². The van der Waals surface area contributed by atoms with Gasteiger partial charge in [-0.2, -0.15) is 0 Å². The molecular weight excluding hydrogens is 239 g/mol. The molecule has 0 atom stereocenters. The van der Waals surface area contributed by atoms with Gasteiger partial charge in [0, 0.05) is 5.69 Å². The fourth-order valence-electron chi connectivity index (χ4n) is 1.47. The number of carbonyl (C=O) groups excluding carboxylic acids is 1. The van der Waals surface area contributed by atoms with E-state index in [-0.39, 0.29) is 24.7 Å². The van der Waals surface area contributed by atoms with Gasteiger partial charge in [0.1, 0.15) is 12.4 Å². The molecule has 6 heteroatoms. The molecule has 0 bridgehead atoms. The smallest absolute Gasteiger partial charge is 0.357 e. The van der Waals surface area contributed by atoms with E-state index >= 15 is 0 Å². The van der Waals surface area contributed by atoms with E-state index in [0.29, 0.717) is 5.69 Å². The average Bonchev–Trinajstić information content (AvgIpc) is 2.86. The maximum atomic E-state index is 12.8. The maximum absolute atomic E-state index is 12.8. The Morgan fingerprint density at radius 2 is 2.11 bits per heavy atom. The second kappa shape index (κ2) is 5.42. The van der Waals surface area contributed by atoms with Gasteiger partial charge in [0.15, 0.2) is 5.69 Å². The third-order valence-corrected chi connectivity index (χ3v) is 2.28. The first-order valence-electron chi connectivity index (χ1n) is 5.28. The molecule has 0 unspecified atom stereocenters. The van der Waals surface area contributed by atoms with Crippen LogP contribution in [-0.4, -0.2) is 33.8 Å². The van der Waals surface area contributed by atoms with Crippen molar-refractivity contribution >= 4 is 5.97 Å². The van der Waals surface area contributed by atoms with Crippen LogP contribution in [0.4, 0.5) is 4.39 Å². The number of aromatic nitrogens is 2. The van der Waals surface area contributed by atoms with E-state index in [1.165, 1.54) is 41.4 Å². The molecule has 18 heavy (non-hydrogen) atoms. The summed E-state index contributed by atoms with van der Waals surface area (Å²) in [5, 5.41) is 8.59. The third-order valence-electron chi connectivity index (χ3n) is 2.28. The Morgan fingerprint density at radius 3 is 2.78 bits per heavy atom. The van der Waals surface area contributed by atoms with Crippen molar-refractivity contribution in [2.24, 2.45) is 0 Å². The number of esters is 1. The lowest BCUT2D eigenvalue weighted by Gasteiger charge is -2.07. The zero-order chi connectivity index (χ0) is 13.0. The summed E-state index contributed by atoms with van der Waals surface area (Å²) >= 11 is 0. The second-order valence-electron chi connectivity index (χ2n) is 3.48. The van der Waals surface area contributed by atoms with Crippen LogP contribution in [0.1, 0.15) is 10.5 Å². The number of rotatable bonds is 4. The monoisotopic (exact) mass is 250 g/mol. The molecule has 1 aromatic heterocycles. The Bertz CT molecular complexity index is 537. The van der Waals surface area contributed by atoms with Crippen molar-refractivity contribution in [2.75, 3.05) is 13.2 Å². The summed E-state index contributed by atoms with van der Waals surface area (Å²) in [7, 11) is 0. The largest absolute Gasteiger partial charge is 0.459 e. The molecule has 1 N–H and O–H groups in total. The molecule has 0 aliphatic carbocycles. The summed E-state index contributed by atoms with van der Waals surface area (Å²) in [5.41, 5.74) is 0.819. The first kappa shape index (κ1) is 12.3. The van der Waals surface area contributed by atoms with Crippen LogP contribution in [0.15, 0.2) is 36.8 Å². The molecule has 0 spiro atoms. The van der Waals surface area contributed by atoms with Gasteiger partial charge < -0.3 is 9.84 Å². The lowest BCUT2D eigenvalue weighted by atomic mass is 10.3. The van der Waals surface area contributed by atoms with Gasteiger partial charge in [-0.25, -0.2) is 14.2 Å². The summed E-state index contributed by atoms with van der Waals surface area (Å²) in [4.78, 5) is 15.5. The van der Waals surface area contributed by atoms with E-state index < -0.39 is 5.97 Å². The third kappa shape index (κ3) is 2.54. The number of hydrogen-bond donors (Lipinski definition) is 1.